The number of nitrogens with one attached hydrogen (secondary N) is 1. The van der Waals surface area contributed by atoms with E-state index in [1.807, 2.05) is 11.5 Å². The molecule has 1 aromatic heterocycles. The van der Waals surface area contributed by atoms with Crippen LogP contribution >= 0.6 is 11.8 Å². The Hall–Kier alpha value is -1.57. The first kappa shape index (κ1) is 19.7. The maximum absolute atomic E-state index is 13.1. The predicted octanol–water partition coefficient (Wildman–Crippen LogP) is 2.79. The summed E-state index contributed by atoms with van der Waals surface area (Å²) in [5.74, 6) is 3.16. The summed E-state index contributed by atoms with van der Waals surface area (Å²) >= 11 is 1.32. The van der Waals surface area contributed by atoms with Crippen LogP contribution in [0.2, 0.25) is 0 Å². The average Bonchev–Trinajstić information content (AvgIpc) is 3.05. The quantitative estimate of drug-likeness (QED) is 0.528. The molecule has 0 radical (unpaired) electrons. The van der Waals surface area contributed by atoms with E-state index in [0.717, 1.165) is 42.8 Å². The van der Waals surface area contributed by atoms with Gasteiger partial charge in [-0.1, -0.05) is 11.8 Å². The van der Waals surface area contributed by atoms with E-state index in [9.17, 15) is 9.59 Å². The lowest BCUT2D eigenvalue weighted by Gasteiger charge is -2.55. The van der Waals surface area contributed by atoms with Gasteiger partial charge in [-0.2, -0.15) is 0 Å². The lowest BCUT2D eigenvalue weighted by molar-refractivity contribution is -0.146. The molecule has 4 saturated carbocycles. The van der Waals surface area contributed by atoms with Crippen LogP contribution in [0.25, 0.3) is 0 Å². The number of ether oxygens (including phenoxy) is 1. The topological polar surface area (TPSA) is 86.1 Å². The Kier molecular flexibility index (Phi) is 5.67. The molecule has 0 spiro atoms. The van der Waals surface area contributed by atoms with Crippen LogP contribution < -0.4 is 5.32 Å². The van der Waals surface area contributed by atoms with E-state index in [0.29, 0.717) is 24.9 Å². The van der Waals surface area contributed by atoms with Crippen molar-refractivity contribution >= 4 is 23.6 Å². The number of carbonyl (C=O) groups excluding carboxylic acids is 2. The summed E-state index contributed by atoms with van der Waals surface area (Å²) in [6.45, 7) is 5.27. The molecule has 28 heavy (non-hydrogen) atoms. The van der Waals surface area contributed by atoms with Crippen LogP contribution in [0.3, 0.4) is 0 Å². The molecule has 1 N–H and O–H groups in total. The SMILES string of the molecule is CCOC(=O)CSc1nnc(CNC(=O)C23CC4CC(CC(C4)C2)C3)n1CC. The van der Waals surface area contributed by atoms with Crippen molar-refractivity contribution in [2.45, 2.75) is 70.6 Å². The van der Waals surface area contributed by atoms with Crippen LogP contribution in [0.15, 0.2) is 5.16 Å². The number of rotatable bonds is 8. The lowest BCUT2D eigenvalue weighted by Crippen LogP contribution is -2.53. The molecule has 0 unspecified atom stereocenters. The number of hydrogen-bond acceptors (Lipinski definition) is 6. The number of esters is 1. The molecule has 8 heteroatoms. The number of carbonyl (C=O) groups is 2. The van der Waals surface area contributed by atoms with Crippen molar-refractivity contribution < 1.29 is 14.3 Å². The van der Waals surface area contributed by atoms with E-state index in [2.05, 4.69) is 15.5 Å². The van der Waals surface area contributed by atoms with Crippen LogP contribution in [0.5, 0.6) is 0 Å². The van der Waals surface area contributed by atoms with Crippen LogP contribution in [-0.2, 0) is 27.4 Å². The molecule has 4 fully saturated rings. The minimum atomic E-state index is -0.255. The Morgan fingerprint density at radius 3 is 2.36 bits per heavy atom. The number of nitrogens with zero attached hydrogens (tertiary/aromatic N) is 3. The monoisotopic (exact) mass is 406 g/mol. The molecule has 0 aliphatic heterocycles. The maximum Gasteiger partial charge on any atom is 0.316 e. The molecular formula is C20H30N4O3S. The fourth-order valence-corrected chi connectivity index (χ4v) is 6.76. The Balaban J connectivity index is 1.37. The lowest BCUT2D eigenvalue weighted by atomic mass is 9.49. The summed E-state index contributed by atoms with van der Waals surface area (Å²) in [5, 5.41) is 12.3. The summed E-state index contributed by atoms with van der Waals surface area (Å²) in [5.41, 5.74) is -0.146. The predicted molar refractivity (Wildman–Crippen MR) is 106 cm³/mol. The molecule has 1 amide bonds. The van der Waals surface area contributed by atoms with Gasteiger partial charge in [0.2, 0.25) is 5.91 Å². The minimum absolute atomic E-state index is 0.146. The first-order valence-corrected chi connectivity index (χ1v) is 11.5. The van der Waals surface area contributed by atoms with Crippen molar-refractivity contribution in [3.05, 3.63) is 5.82 Å². The van der Waals surface area contributed by atoms with E-state index < -0.39 is 0 Å². The van der Waals surface area contributed by atoms with Gasteiger partial charge >= 0.3 is 5.97 Å². The average molecular weight is 407 g/mol. The van der Waals surface area contributed by atoms with Gasteiger partial charge in [-0.05, 0) is 70.1 Å². The molecule has 1 aromatic rings. The van der Waals surface area contributed by atoms with Crippen molar-refractivity contribution in [2.75, 3.05) is 12.4 Å². The summed E-state index contributed by atoms with van der Waals surface area (Å²) in [6, 6.07) is 0. The molecule has 7 nitrogen and oxygen atoms in total. The molecule has 4 aliphatic carbocycles. The van der Waals surface area contributed by atoms with Crippen molar-refractivity contribution in [2.24, 2.45) is 23.2 Å². The highest BCUT2D eigenvalue weighted by atomic mass is 32.2. The minimum Gasteiger partial charge on any atom is -0.465 e. The summed E-state index contributed by atoms with van der Waals surface area (Å²) in [7, 11) is 0. The van der Waals surface area contributed by atoms with Crippen LogP contribution in [-0.4, -0.2) is 39.0 Å². The Morgan fingerprint density at radius 1 is 1.14 bits per heavy atom. The third kappa shape index (κ3) is 3.80. The second-order valence-electron chi connectivity index (χ2n) is 8.62. The molecule has 0 atom stereocenters. The van der Waals surface area contributed by atoms with Gasteiger partial charge in [0.1, 0.15) is 0 Å². The zero-order valence-corrected chi connectivity index (χ0v) is 17.6. The second-order valence-corrected chi connectivity index (χ2v) is 9.56. The standard InChI is InChI=1S/C20H30N4O3S/c1-3-24-16(22-23-19(24)28-12-17(25)27-4-2)11-21-18(26)20-8-13-5-14(9-20)7-15(6-13)10-20/h13-15H,3-12H2,1-2H3,(H,21,26). The van der Waals surface area contributed by atoms with Crippen LogP contribution in [0.4, 0.5) is 0 Å². The van der Waals surface area contributed by atoms with Crippen molar-refractivity contribution in [3.63, 3.8) is 0 Å². The van der Waals surface area contributed by atoms with Crippen molar-refractivity contribution in [1.82, 2.24) is 20.1 Å². The van der Waals surface area contributed by atoms with Gasteiger partial charge in [-0.3, -0.25) is 9.59 Å². The Labute approximate surface area is 170 Å². The van der Waals surface area contributed by atoms with Crippen LogP contribution in [0.1, 0.15) is 58.2 Å². The Bertz CT molecular complexity index is 713. The van der Waals surface area contributed by atoms with Crippen molar-refractivity contribution in [3.8, 4) is 0 Å². The largest absolute Gasteiger partial charge is 0.465 e. The molecule has 5 rings (SSSR count). The molecule has 0 aromatic carbocycles. The highest BCUT2D eigenvalue weighted by molar-refractivity contribution is 7.99. The smallest absolute Gasteiger partial charge is 0.316 e. The summed E-state index contributed by atoms with van der Waals surface area (Å²) in [6.07, 6.45) is 7.18. The normalized spacial score (nSPS) is 30.4. The third-order valence-electron chi connectivity index (χ3n) is 6.66. The summed E-state index contributed by atoms with van der Waals surface area (Å²) in [4.78, 5) is 24.7. The highest BCUT2D eigenvalue weighted by Gasteiger charge is 2.54. The van der Waals surface area contributed by atoms with E-state index in [1.54, 1.807) is 6.92 Å². The van der Waals surface area contributed by atoms with Gasteiger partial charge in [0.15, 0.2) is 11.0 Å². The highest BCUT2D eigenvalue weighted by Crippen LogP contribution is 2.60. The number of hydrogen-bond donors (Lipinski definition) is 1. The maximum atomic E-state index is 13.1. The van der Waals surface area contributed by atoms with E-state index in [4.69, 9.17) is 4.74 Å². The van der Waals surface area contributed by atoms with Gasteiger partial charge in [0.05, 0.1) is 18.9 Å². The molecule has 4 bridgehead atoms. The molecule has 4 aliphatic rings. The Morgan fingerprint density at radius 2 is 1.79 bits per heavy atom. The van der Waals surface area contributed by atoms with Gasteiger partial charge in [-0.15, -0.1) is 10.2 Å². The van der Waals surface area contributed by atoms with E-state index >= 15 is 0 Å². The van der Waals surface area contributed by atoms with E-state index in [1.165, 1.54) is 31.0 Å². The number of aromatic nitrogens is 3. The molecule has 1 heterocycles. The third-order valence-corrected chi connectivity index (χ3v) is 7.60. The summed E-state index contributed by atoms with van der Waals surface area (Å²) < 4.78 is 6.93. The van der Waals surface area contributed by atoms with Crippen LogP contribution in [0, 0.1) is 23.2 Å². The van der Waals surface area contributed by atoms with Gasteiger partial charge in [-0.25, -0.2) is 0 Å². The first-order chi connectivity index (χ1) is 13.5. The fraction of sp³-hybridized carbons (Fsp3) is 0.800. The number of thioether (sulfide) groups is 1. The number of amides is 1. The van der Waals surface area contributed by atoms with Crippen molar-refractivity contribution in [1.29, 1.82) is 0 Å². The molecule has 0 saturated heterocycles. The van der Waals surface area contributed by atoms with Gasteiger partial charge in [0.25, 0.3) is 0 Å². The molecule has 154 valence electrons. The van der Waals surface area contributed by atoms with E-state index in [-0.39, 0.29) is 23.0 Å². The zero-order valence-electron chi connectivity index (χ0n) is 16.8. The second kappa shape index (κ2) is 8.05. The van der Waals surface area contributed by atoms with Gasteiger partial charge in [0, 0.05) is 12.0 Å². The first-order valence-electron chi connectivity index (χ1n) is 10.5. The molecular weight excluding hydrogens is 376 g/mol. The van der Waals surface area contributed by atoms with Gasteiger partial charge < -0.3 is 14.6 Å². The fourth-order valence-electron chi connectivity index (χ4n) is 5.94. The zero-order chi connectivity index (χ0) is 19.7.